The van der Waals surface area contributed by atoms with Crippen molar-refractivity contribution < 1.29 is 23.1 Å². The minimum Gasteiger partial charge on any atom is -0.479 e. The minimum atomic E-state index is -3.92. The number of carboxylic acid groups (broad SMARTS) is 1. The number of pyridine rings is 1. The Morgan fingerprint density at radius 1 is 1.19 bits per heavy atom. The number of carboxylic acids is 1. The largest absolute Gasteiger partial charge is 0.479 e. The maximum atomic E-state index is 12.5. The summed E-state index contributed by atoms with van der Waals surface area (Å²) >= 11 is 0. The van der Waals surface area contributed by atoms with E-state index < -0.39 is 34.0 Å². The summed E-state index contributed by atoms with van der Waals surface area (Å²) in [7, 11) is -2.67. The number of amides is 1. The molecule has 0 saturated heterocycles. The summed E-state index contributed by atoms with van der Waals surface area (Å²) in [6.07, 6.45) is 2.71. The number of likely N-dealkylation sites (N-methyl/N-ethyl adjacent to an activating group) is 1. The third-order valence-corrected chi connectivity index (χ3v) is 6.01. The molecule has 0 spiro atoms. The van der Waals surface area contributed by atoms with Gasteiger partial charge < -0.3 is 10.4 Å². The maximum absolute atomic E-state index is 12.5. The summed E-state index contributed by atoms with van der Waals surface area (Å²) in [6, 6.07) is 11.1. The van der Waals surface area contributed by atoms with Crippen LogP contribution >= 0.6 is 0 Å². The molecule has 1 aromatic carbocycles. The van der Waals surface area contributed by atoms with Crippen LogP contribution in [0, 0.1) is 0 Å². The lowest BCUT2D eigenvalue weighted by Gasteiger charge is -2.30. The lowest BCUT2D eigenvalue weighted by atomic mass is 9.87. The standard InChI is InChI=1S/C18H21N3O5S/c1-3-18(17(23)24,14-8-5-4-6-9-14)20-16(22)13-21(2)27(25,26)15-10-7-11-19-12-15/h4-12H,3,13H2,1-2H3,(H,20,22)(H,23,24). The van der Waals surface area contributed by atoms with Crippen LogP contribution in [0.1, 0.15) is 18.9 Å². The van der Waals surface area contributed by atoms with E-state index in [4.69, 9.17) is 0 Å². The van der Waals surface area contributed by atoms with Gasteiger partial charge in [-0.25, -0.2) is 13.2 Å². The fourth-order valence-electron chi connectivity index (χ4n) is 2.66. The summed E-state index contributed by atoms with van der Waals surface area (Å²) in [4.78, 5) is 28.1. The van der Waals surface area contributed by atoms with E-state index in [1.54, 1.807) is 37.3 Å². The number of nitrogens with zero attached hydrogens (tertiary/aromatic N) is 2. The monoisotopic (exact) mass is 391 g/mol. The van der Waals surface area contributed by atoms with Crippen LogP contribution < -0.4 is 5.32 Å². The highest BCUT2D eigenvalue weighted by Crippen LogP contribution is 2.25. The number of carbonyl (C=O) groups is 2. The fourth-order valence-corrected chi connectivity index (χ4v) is 3.75. The normalized spacial score (nSPS) is 13.7. The second-order valence-corrected chi connectivity index (χ2v) is 7.97. The highest BCUT2D eigenvalue weighted by atomic mass is 32.2. The maximum Gasteiger partial charge on any atom is 0.334 e. The summed E-state index contributed by atoms with van der Waals surface area (Å²) < 4.78 is 25.8. The van der Waals surface area contributed by atoms with Gasteiger partial charge in [-0.3, -0.25) is 9.78 Å². The van der Waals surface area contributed by atoms with Crippen LogP contribution in [0.4, 0.5) is 0 Å². The van der Waals surface area contributed by atoms with Crippen LogP contribution in [0.2, 0.25) is 0 Å². The molecule has 144 valence electrons. The zero-order valence-electron chi connectivity index (χ0n) is 15.0. The Bertz CT molecular complexity index is 903. The number of rotatable bonds is 8. The van der Waals surface area contributed by atoms with E-state index >= 15 is 0 Å². The van der Waals surface area contributed by atoms with Gasteiger partial charge >= 0.3 is 5.97 Å². The second-order valence-electron chi connectivity index (χ2n) is 5.93. The lowest BCUT2D eigenvalue weighted by molar-refractivity contribution is -0.148. The number of hydrogen-bond acceptors (Lipinski definition) is 5. The van der Waals surface area contributed by atoms with Gasteiger partial charge in [0.25, 0.3) is 0 Å². The molecule has 0 bridgehead atoms. The molecule has 0 saturated carbocycles. The summed E-state index contributed by atoms with van der Waals surface area (Å²) in [5, 5.41) is 12.2. The molecule has 1 aromatic heterocycles. The van der Waals surface area contributed by atoms with Crippen LogP contribution in [-0.4, -0.2) is 48.3 Å². The summed E-state index contributed by atoms with van der Waals surface area (Å²) in [5.74, 6) is -1.94. The SMILES string of the molecule is CCC(NC(=O)CN(C)S(=O)(=O)c1cccnc1)(C(=O)O)c1ccccc1. The van der Waals surface area contributed by atoms with Crippen molar-refractivity contribution in [2.24, 2.45) is 0 Å². The van der Waals surface area contributed by atoms with E-state index in [-0.39, 0.29) is 11.3 Å². The predicted molar refractivity (Wildman–Crippen MR) is 98.2 cm³/mol. The van der Waals surface area contributed by atoms with Crippen molar-refractivity contribution in [3.63, 3.8) is 0 Å². The zero-order valence-corrected chi connectivity index (χ0v) is 15.8. The van der Waals surface area contributed by atoms with E-state index in [9.17, 15) is 23.1 Å². The molecule has 8 nitrogen and oxygen atoms in total. The molecular weight excluding hydrogens is 370 g/mol. The molecule has 1 amide bonds. The first-order chi connectivity index (χ1) is 12.7. The van der Waals surface area contributed by atoms with Crippen molar-refractivity contribution in [3.05, 3.63) is 60.4 Å². The van der Waals surface area contributed by atoms with Crippen LogP contribution in [0.3, 0.4) is 0 Å². The Morgan fingerprint density at radius 2 is 1.85 bits per heavy atom. The summed E-state index contributed by atoms with van der Waals surface area (Å²) in [5.41, 5.74) is -1.23. The first kappa shape index (κ1) is 20.5. The Morgan fingerprint density at radius 3 is 2.37 bits per heavy atom. The third kappa shape index (κ3) is 4.32. The molecule has 0 aliphatic rings. The van der Waals surface area contributed by atoms with Gasteiger partial charge in [-0.2, -0.15) is 4.31 Å². The van der Waals surface area contributed by atoms with Crippen LogP contribution in [0.15, 0.2) is 59.8 Å². The van der Waals surface area contributed by atoms with Gasteiger partial charge in [-0.05, 0) is 24.1 Å². The molecule has 0 aliphatic carbocycles. The third-order valence-electron chi connectivity index (χ3n) is 4.22. The van der Waals surface area contributed by atoms with Gasteiger partial charge in [0.15, 0.2) is 5.54 Å². The minimum absolute atomic E-state index is 0.0525. The molecule has 2 N–H and O–H groups in total. The number of aromatic nitrogens is 1. The Labute approximate surface area is 157 Å². The van der Waals surface area contributed by atoms with Crippen molar-refractivity contribution in [2.75, 3.05) is 13.6 Å². The van der Waals surface area contributed by atoms with E-state index in [1.165, 1.54) is 31.6 Å². The number of sulfonamides is 1. The van der Waals surface area contributed by atoms with Crippen molar-refractivity contribution >= 4 is 21.9 Å². The highest BCUT2D eigenvalue weighted by Gasteiger charge is 2.40. The zero-order chi connectivity index (χ0) is 20.1. The lowest BCUT2D eigenvalue weighted by Crippen LogP contribution is -2.54. The van der Waals surface area contributed by atoms with E-state index in [0.29, 0.717) is 5.56 Å². The Balaban J connectivity index is 2.23. The van der Waals surface area contributed by atoms with Crippen LogP contribution in [0.25, 0.3) is 0 Å². The molecule has 2 aromatic rings. The van der Waals surface area contributed by atoms with Gasteiger partial charge in [0, 0.05) is 19.4 Å². The molecule has 1 heterocycles. The number of benzene rings is 1. The molecule has 1 unspecified atom stereocenters. The molecule has 0 aliphatic heterocycles. The topological polar surface area (TPSA) is 117 Å². The van der Waals surface area contributed by atoms with E-state index in [2.05, 4.69) is 10.3 Å². The highest BCUT2D eigenvalue weighted by molar-refractivity contribution is 7.89. The van der Waals surface area contributed by atoms with Crippen molar-refractivity contribution in [2.45, 2.75) is 23.8 Å². The average Bonchev–Trinajstić information content (AvgIpc) is 2.67. The fraction of sp³-hybridized carbons (Fsp3) is 0.278. The molecule has 2 rings (SSSR count). The first-order valence-electron chi connectivity index (χ1n) is 8.20. The molecule has 9 heteroatoms. The quantitative estimate of drug-likeness (QED) is 0.699. The van der Waals surface area contributed by atoms with Gasteiger partial charge in [-0.1, -0.05) is 37.3 Å². The Kier molecular flexibility index (Phi) is 6.29. The number of carbonyl (C=O) groups excluding carboxylic acids is 1. The Hall–Kier alpha value is -2.78. The summed E-state index contributed by atoms with van der Waals surface area (Å²) in [6.45, 7) is 1.11. The van der Waals surface area contributed by atoms with E-state index in [0.717, 1.165) is 4.31 Å². The predicted octanol–water partition coefficient (Wildman–Crippen LogP) is 1.21. The van der Waals surface area contributed by atoms with Crippen LogP contribution in [-0.2, 0) is 25.2 Å². The molecular formula is C18H21N3O5S. The van der Waals surface area contributed by atoms with Crippen molar-refractivity contribution in [1.82, 2.24) is 14.6 Å². The molecule has 27 heavy (non-hydrogen) atoms. The number of aliphatic carboxylic acids is 1. The van der Waals surface area contributed by atoms with Crippen LogP contribution in [0.5, 0.6) is 0 Å². The van der Waals surface area contributed by atoms with Gasteiger partial charge in [0.05, 0.1) is 6.54 Å². The molecule has 0 fully saturated rings. The van der Waals surface area contributed by atoms with Gasteiger partial charge in [-0.15, -0.1) is 0 Å². The average molecular weight is 391 g/mol. The van der Waals surface area contributed by atoms with E-state index in [1.807, 2.05) is 0 Å². The molecule has 1 atom stereocenters. The smallest absolute Gasteiger partial charge is 0.334 e. The first-order valence-corrected chi connectivity index (χ1v) is 9.64. The second kappa shape index (κ2) is 8.28. The van der Waals surface area contributed by atoms with Crippen molar-refractivity contribution in [3.8, 4) is 0 Å². The molecule has 0 radical (unpaired) electrons. The number of hydrogen-bond donors (Lipinski definition) is 2. The van der Waals surface area contributed by atoms with Crippen molar-refractivity contribution in [1.29, 1.82) is 0 Å². The van der Waals surface area contributed by atoms with Gasteiger partial charge in [0.2, 0.25) is 15.9 Å². The van der Waals surface area contributed by atoms with Gasteiger partial charge in [0.1, 0.15) is 4.90 Å². The number of nitrogens with one attached hydrogen (secondary N) is 1.